The molecule has 1 fully saturated rings. The lowest BCUT2D eigenvalue weighted by atomic mass is 9.99. The Morgan fingerprint density at radius 1 is 1.05 bits per heavy atom. The normalized spacial score (nSPS) is 12.9. The molecule has 0 atom stereocenters. The fraction of sp³-hybridized carbons (Fsp3) is 0.158. The number of hydrogen-bond acceptors (Lipinski definition) is 2. The molecule has 1 saturated carbocycles. The molecule has 2 aromatic carbocycles. The van der Waals surface area contributed by atoms with Crippen LogP contribution in [0.4, 0.5) is 0 Å². The van der Waals surface area contributed by atoms with Crippen LogP contribution in [0.15, 0.2) is 42.5 Å². The highest BCUT2D eigenvalue weighted by atomic mass is 16.4. The minimum Gasteiger partial charge on any atom is -0.478 e. The van der Waals surface area contributed by atoms with Crippen molar-refractivity contribution < 1.29 is 9.90 Å². The van der Waals surface area contributed by atoms with Crippen molar-refractivity contribution in [1.29, 1.82) is 5.26 Å². The van der Waals surface area contributed by atoms with Gasteiger partial charge in [0.05, 0.1) is 11.1 Å². The minimum absolute atomic E-state index is 0.246. The topological polar surface area (TPSA) is 61.1 Å². The standard InChI is InChI=1S/C19H13NO2/c20-12-18-11-17(10-7-15(18)4-3-13-1-2-13)14-5-8-16(9-6-14)19(21)22/h5-11,13H,1-2H2,(H,21,22). The molecular weight excluding hydrogens is 274 g/mol. The van der Waals surface area contributed by atoms with Gasteiger partial charge in [-0.1, -0.05) is 30.0 Å². The van der Waals surface area contributed by atoms with Gasteiger partial charge < -0.3 is 5.11 Å². The van der Waals surface area contributed by atoms with Crippen LogP contribution in [0.3, 0.4) is 0 Å². The van der Waals surface area contributed by atoms with E-state index in [4.69, 9.17) is 5.11 Å². The Hall–Kier alpha value is -3.04. The first-order valence-corrected chi connectivity index (χ1v) is 7.07. The second-order valence-electron chi connectivity index (χ2n) is 5.30. The first kappa shape index (κ1) is 13.9. The summed E-state index contributed by atoms with van der Waals surface area (Å²) in [6.45, 7) is 0. The van der Waals surface area contributed by atoms with Gasteiger partial charge in [-0.05, 0) is 48.2 Å². The highest BCUT2D eigenvalue weighted by Gasteiger charge is 2.17. The first-order chi connectivity index (χ1) is 10.7. The number of carboxylic acids is 1. The van der Waals surface area contributed by atoms with Crippen molar-refractivity contribution in [2.75, 3.05) is 0 Å². The molecule has 0 saturated heterocycles. The molecule has 22 heavy (non-hydrogen) atoms. The van der Waals surface area contributed by atoms with Crippen molar-refractivity contribution in [3.63, 3.8) is 0 Å². The van der Waals surface area contributed by atoms with Gasteiger partial charge in [-0.2, -0.15) is 5.26 Å². The molecule has 0 aliphatic heterocycles. The monoisotopic (exact) mass is 287 g/mol. The van der Waals surface area contributed by atoms with Crippen molar-refractivity contribution in [3.05, 3.63) is 59.2 Å². The van der Waals surface area contributed by atoms with E-state index in [2.05, 4.69) is 17.9 Å². The molecule has 0 bridgehead atoms. The Labute approximate surface area is 128 Å². The van der Waals surface area contributed by atoms with Crippen LogP contribution in [-0.4, -0.2) is 11.1 Å². The van der Waals surface area contributed by atoms with E-state index in [1.54, 1.807) is 30.3 Å². The molecular formula is C19H13NO2. The average molecular weight is 287 g/mol. The maximum atomic E-state index is 10.9. The average Bonchev–Trinajstić information content (AvgIpc) is 3.37. The van der Waals surface area contributed by atoms with Crippen molar-refractivity contribution in [2.24, 2.45) is 5.92 Å². The van der Waals surface area contributed by atoms with E-state index < -0.39 is 5.97 Å². The lowest BCUT2D eigenvalue weighted by Gasteiger charge is -2.04. The Morgan fingerprint density at radius 3 is 2.32 bits per heavy atom. The lowest BCUT2D eigenvalue weighted by Crippen LogP contribution is -1.95. The van der Waals surface area contributed by atoms with Crippen LogP contribution in [-0.2, 0) is 0 Å². The van der Waals surface area contributed by atoms with Crippen LogP contribution in [0.1, 0.15) is 34.3 Å². The summed E-state index contributed by atoms with van der Waals surface area (Å²) in [5, 5.41) is 18.2. The SMILES string of the molecule is N#Cc1cc(-c2ccc(C(=O)O)cc2)ccc1C#CC1CC1. The van der Waals surface area contributed by atoms with E-state index in [0.29, 0.717) is 11.5 Å². The smallest absolute Gasteiger partial charge is 0.335 e. The molecule has 0 radical (unpaired) electrons. The first-order valence-electron chi connectivity index (χ1n) is 7.07. The predicted octanol–water partition coefficient (Wildman–Crippen LogP) is 3.68. The van der Waals surface area contributed by atoms with E-state index >= 15 is 0 Å². The molecule has 1 aliphatic carbocycles. The van der Waals surface area contributed by atoms with E-state index in [0.717, 1.165) is 29.5 Å². The third-order valence-electron chi connectivity index (χ3n) is 3.59. The van der Waals surface area contributed by atoms with Gasteiger partial charge in [0.1, 0.15) is 6.07 Å². The van der Waals surface area contributed by atoms with Crippen LogP contribution in [0.2, 0.25) is 0 Å². The van der Waals surface area contributed by atoms with Gasteiger partial charge >= 0.3 is 5.97 Å². The zero-order valence-corrected chi connectivity index (χ0v) is 11.8. The Bertz CT molecular complexity index is 828. The van der Waals surface area contributed by atoms with Crippen LogP contribution in [0.25, 0.3) is 11.1 Å². The Balaban J connectivity index is 1.93. The van der Waals surface area contributed by atoms with Gasteiger partial charge in [0.25, 0.3) is 0 Å². The number of aromatic carboxylic acids is 1. The van der Waals surface area contributed by atoms with Crippen LogP contribution >= 0.6 is 0 Å². The second kappa shape index (κ2) is 5.76. The summed E-state index contributed by atoms with van der Waals surface area (Å²) in [6.07, 6.45) is 2.31. The third-order valence-corrected chi connectivity index (χ3v) is 3.59. The Kier molecular flexibility index (Phi) is 3.64. The van der Waals surface area contributed by atoms with Gasteiger partial charge in [-0.3, -0.25) is 0 Å². The molecule has 0 unspecified atom stereocenters. The summed E-state index contributed by atoms with van der Waals surface area (Å²) in [5.74, 6) is 5.79. The Morgan fingerprint density at radius 2 is 1.73 bits per heavy atom. The molecule has 1 aliphatic rings. The molecule has 3 nitrogen and oxygen atoms in total. The van der Waals surface area contributed by atoms with Crippen molar-refractivity contribution >= 4 is 5.97 Å². The van der Waals surface area contributed by atoms with Crippen molar-refractivity contribution in [1.82, 2.24) is 0 Å². The molecule has 0 aromatic heterocycles. The molecule has 3 rings (SSSR count). The molecule has 106 valence electrons. The van der Waals surface area contributed by atoms with E-state index in [-0.39, 0.29) is 5.56 Å². The van der Waals surface area contributed by atoms with Crippen molar-refractivity contribution in [2.45, 2.75) is 12.8 Å². The summed E-state index contributed by atoms with van der Waals surface area (Å²) in [7, 11) is 0. The van der Waals surface area contributed by atoms with E-state index in [9.17, 15) is 10.1 Å². The summed E-state index contributed by atoms with van der Waals surface area (Å²) < 4.78 is 0. The summed E-state index contributed by atoms with van der Waals surface area (Å²) >= 11 is 0. The molecule has 2 aromatic rings. The highest BCUT2D eigenvalue weighted by Crippen LogP contribution is 2.28. The fourth-order valence-corrected chi connectivity index (χ4v) is 2.14. The number of nitrogens with zero attached hydrogens (tertiary/aromatic N) is 1. The maximum absolute atomic E-state index is 10.9. The van der Waals surface area contributed by atoms with Gasteiger partial charge in [-0.25, -0.2) is 4.79 Å². The minimum atomic E-state index is -0.949. The summed E-state index contributed by atoms with van der Waals surface area (Å²) in [5.41, 5.74) is 3.30. The van der Waals surface area contributed by atoms with Gasteiger partial charge in [0, 0.05) is 11.5 Å². The van der Waals surface area contributed by atoms with Crippen LogP contribution < -0.4 is 0 Å². The summed E-state index contributed by atoms with van der Waals surface area (Å²) in [6, 6.07) is 14.4. The van der Waals surface area contributed by atoms with Gasteiger partial charge in [-0.15, -0.1) is 0 Å². The van der Waals surface area contributed by atoms with Gasteiger partial charge in [0.15, 0.2) is 0 Å². The fourth-order valence-electron chi connectivity index (χ4n) is 2.14. The number of rotatable bonds is 2. The zero-order valence-electron chi connectivity index (χ0n) is 11.8. The number of benzene rings is 2. The number of carbonyl (C=O) groups is 1. The van der Waals surface area contributed by atoms with E-state index in [1.165, 1.54) is 0 Å². The molecule has 3 heteroatoms. The lowest BCUT2D eigenvalue weighted by molar-refractivity contribution is 0.0697. The van der Waals surface area contributed by atoms with Crippen LogP contribution in [0, 0.1) is 29.1 Å². The molecule has 0 spiro atoms. The van der Waals surface area contributed by atoms with Crippen LogP contribution in [0.5, 0.6) is 0 Å². The molecule has 1 N–H and O–H groups in total. The zero-order chi connectivity index (χ0) is 15.5. The molecule has 0 heterocycles. The van der Waals surface area contributed by atoms with Gasteiger partial charge in [0.2, 0.25) is 0 Å². The number of carboxylic acid groups (broad SMARTS) is 1. The highest BCUT2D eigenvalue weighted by molar-refractivity contribution is 5.88. The largest absolute Gasteiger partial charge is 0.478 e. The van der Waals surface area contributed by atoms with Crippen molar-refractivity contribution in [3.8, 4) is 29.0 Å². The number of nitriles is 1. The summed E-state index contributed by atoms with van der Waals surface area (Å²) in [4.78, 5) is 10.9. The third kappa shape index (κ3) is 3.00. The quantitative estimate of drug-likeness (QED) is 0.857. The van der Waals surface area contributed by atoms with E-state index in [1.807, 2.05) is 12.1 Å². The molecule has 0 amide bonds. The second-order valence-corrected chi connectivity index (χ2v) is 5.30. The maximum Gasteiger partial charge on any atom is 0.335 e. The number of hydrogen-bond donors (Lipinski definition) is 1. The predicted molar refractivity (Wildman–Crippen MR) is 83.2 cm³/mol.